The summed E-state index contributed by atoms with van der Waals surface area (Å²) in [6.45, 7) is 9.46. The highest BCUT2D eigenvalue weighted by Gasteiger charge is 2.29. The van der Waals surface area contributed by atoms with Crippen molar-refractivity contribution in [1.29, 1.82) is 0 Å². The van der Waals surface area contributed by atoms with Crippen LogP contribution in [0.2, 0.25) is 0 Å². The standard InChI is InChI=1S/C15H28N2O2/c1-11-4-5-14(12(2)10-11)16-13(3)15(18)17-6-8-19-9-7-17/h11-14,16H,4-10H2,1-3H3. The van der Waals surface area contributed by atoms with Crippen LogP contribution in [0, 0.1) is 11.8 Å². The molecule has 19 heavy (non-hydrogen) atoms. The molecule has 0 bridgehead atoms. The Balaban J connectivity index is 1.82. The van der Waals surface area contributed by atoms with Gasteiger partial charge in [-0.2, -0.15) is 0 Å². The van der Waals surface area contributed by atoms with Gasteiger partial charge >= 0.3 is 0 Å². The molecule has 1 saturated carbocycles. The van der Waals surface area contributed by atoms with Crippen molar-refractivity contribution in [2.75, 3.05) is 26.3 Å². The predicted octanol–water partition coefficient (Wildman–Crippen LogP) is 1.65. The second-order valence-corrected chi connectivity index (χ2v) is 6.33. The Bertz CT molecular complexity index is 303. The number of amides is 1. The summed E-state index contributed by atoms with van der Waals surface area (Å²) in [5.74, 6) is 1.73. The van der Waals surface area contributed by atoms with E-state index < -0.39 is 0 Å². The predicted molar refractivity (Wildman–Crippen MR) is 76.0 cm³/mol. The zero-order valence-electron chi connectivity index (χ0n) is 12.5. The lowest BCUT2D eigenvalue weighted by Gasteiger charge is -2.36. The molecule has 1 heterocycles. The summed E-state index contributed by atoms with van der Waals surface area (Å²) < 4.78 is 5.29. The minimum atomic E-state index is -0.0704. The van der Waals surface area contributed by atoms with Gasteiger partial charge in [-0.1, -0.05) is 13.8 Å². The van der Waals surface area contributed by atoms with Crippen molar-refractivity contribution in [3.05, 3.63) is 0 Å². The van der Waals surface area contributed by atoms with E-state index in [1.807, 2.05) is 11.8 Å². The van der Waals surface area contributed by atoms with Gasteiger partial charge in [0.05, 0.1) is 19.3 Å². The van der Waals surface area contributed by atoms with Crippen LogP contribution in [0.25, 0.3) is 0 Å². The zero-order chi connectivity index (χ0) is 13.8. The largest absolute Gasteiger partial charge is 0.378 e. The molecule has 4 atom stereocenters. The van der Waals surface area contributed by atoms with Gasteiger partial charge in [0, 0.05) is 19.1 Å². The van der Waals surface area contributed by atoms with Gasteiger partial charge in [0.2, 0.25) is 5.91 Å². The van der Waals surface area contributed by atoms with Crippen LogP contribution < -0.4 is 5.32 Å². The number of rotatable bonds is 3. The van der Waals surface area contributed by atoms with E-state index in [0.29, 0.717) is 25.2 Å². The Morgan fingerprint density at radius 3 is 2.58 bits per heavy atom. The number of carbonyl (C=O) groups is 1. The van der Waals surface area contributed by atoms with Crippen molar-refractivity contribution < 1.29 is 9.53 Å². The Morgan fingerprint density at radius 1 is 1.26 bits per heavy atom. The summed E-state index contributed by atoms with van der Waals surface area (Å²) in [5.41, 5.74) is 0. The normalized spacial score (nSPS) is 34.1. The molecule has 110 valence electrons. The first-order chi connectivity index (χ1) is 9.08. The maximum absolute atomic E-state index is 12.4. The number of hydrogen-bond donors (Lipinski definition) is 1. The van der Waals surface area contributed by atoms with Gasteiger partial charge in [-0.25, -0.2) is 0 Å². The van der Waals surface area contributed by atoms with E-state index in [1.165, 1.54) is 19.3 Å². The van der Waals surface area contributed by atoms with Gasteiger partial charge in [-0.05, 0) is 38.0 Å². The molecule has 0 spiro atoms. The fraction of sp³-hybridized carbons (Fsp3) is 0.933. The lowest BCUT2D eigenvalue weighted by molar-refractivity contribution is -0.137. The number of nitrogens with one attached hydrogen (secondary N) is 1. The third-order valence-electron chi connectivity index (χ3n) is 4.59. The van der Waals surface area contributed by atoms with Gasteiger partial charge < -0.3 is 15.0 Å². The molecular formula is C15H28N2O2. The number of hydrogen-bond acceptors (Lipinski definition) is 3. The fourth-order valence-electron chi connectivity index (χ4n) is 3.36. The lowest BCUT2D eigenvalue weighted by Crippen LogP contribution is -2.53. The number of ether oxygens (including phenoxy) is 1. The third-order valence-corrected chi connectivity index (χ3v) is 4.59. The van der Waals surface area contributed by atoms with Crippen molar-refractivity contribution in [2.24, 2.45) is 11.8 Å². The van der Waals surface area contributed by atoms with Gasteiger partial charge in [-0.3, -0.25) is 4.79 Å². The van der Waals surface area contributed by atoms with Gasteiger partial charge in [0.1, 0.15) is 0 Å². The van der Waals surface area contributed by atoms with E-state index in [4.69, 9.17) is 4.74 Å². The molecule has 1 aliphatic carbocycles. The molecule has 4 unspecified atom stereocenters. The summed E-state index contributed by atoms with van der Waals surface area (Å²) in [6.07, 6.45) is 3.75. The Kier molecular flexibility index (Phi) is 5.22. The van der Waals surface area contributed by atoms with E-state index >= 15 is 0 Å². The molecule has 0 aromatic heterocycles. The van der Waals surface area contributed by atoms with Crippen LogP contribution >= 0.6 is 0 Å². The number of carbonyl (C=O) groups excluding carboxylic acids is 1. The van der Waals surface area contributed by atoms with Gasteiger partial charge in [0.15, 0.2) is 0 Å². The summed E-state index contributed by atoms with van der Waals surface area (Å²) in [4.78, 5) is 14.3. The second-order valence-electron chi connectivity index (χ2n) is 6.33. The maximum atomic E-state index is 12.4. The van der Waals surface area contributed by atoms with Crippen molar-refractivity contribution in [3.63, 3.8) is 0 Å². The minimum absolute atomic E-state index is 0.0704. The van der Waals surface area contributed by atoms with Crippen molar-refractivity contribution >= 4 is 5.91 Å². The first kappa shape index (κ1) is 14.8. The van der Waals surface area contributed by atoms with Crippen LogP contribution in [0.5, 0.6) is 0 Å². The fourth-order valence-corrected chi connectivity index (χ4v) is 3.36. The molecule has 0 radical (unpaired) electrons. The van der Waals surface area contributed by atoms with Crippen molar-refractivity contribution in [3.8, 4) is 0 Å². The molecule has 2 rings (SSSR count). The number of nitrogens with zero attached hydrogens (tertiary/aromatic N) is 1. The summed E-state index contributed by atoms with van der Waals surface area (Å²) in [7, 11) is 0. The highest BCUT2D eigenvalue weighted by atomic mass is 16.5. The Hall–Kier alpha value is -0.610. The molecule has 4 nitrogen and oxygen atoms in total. The van der Waals surface area contributed by atoms with Crippen molar-refractivity contribution in [1.82, 2.24) is 10.2 Å². The van der Waals surface area contributed by atoms with Crippen LogP contribution in [0.1, 0.15) is 40.0 Å². The smallest absolute Gasteiger partial charge is 0.239 e. The zero-order valence-corrected chi connectivity index (χ0v) is 12.5. The molecule has 1 aliphatic heterocycles. The topological polar surface area (TPSA) is 41.6 Å². The highest BCUT2D eigenvalue weighted by Crippen LogP contribution is 2.28. The van der Waals surface area contributed by atoms with E-state index in [2.05, 4.69) is 19.2 Å². The van der Waals surface area contributed by atoms with Crippen LogP contribution in [-0.4, -0.2) is 49.2 Å². The van der Waals surface area contributed by atoms with E-state index in [0.717, 1.165) is 19.0 Å². The summed E-state index contributed by atoms with van der Waals surface area (Å²) >= 11 is 0. The summed E-state index contributed by atoms with van der Waals surface area (Å²) in [6, 6.07) is 0.426. The minimum Gasteiger partial charge on any atom is -0.378 e. The van der Waals surface area contributed by atoms with Crippen molar-refractivity contribution in [2.45, 2.75) is 52.1 Å². The molecule has 2 fully saturated rings. The Morgan fingerprint density at radius 2 is 1.95 bits per heavy atom. The first-order valence-electron chi connectivity index (χ1n) is 7.70. The summed E-state index contributed by atoms with van der Waals surface area (Å²) in [5, 5.41) is 3.55. The molecule has 4 heteroatoms. The van der Waals surface area contributed by atoms with Crippen LogP contribution in [0.4, 0.5) is 0 Å². The Labute approximate surface area is 116 Å². The van der Waals surface area contributed by atoms with Gasteiger partial charge in [0.25, 0.3) is 0 Å². The molecule has 0 aromatic rings. The van der Waals surface area contributed by atoms with E-state index in [9.17, 15) is 4.79 Å². The van der Waals surface area contributed by atoms with E-state index in [-0.39, 0.29) is 11.9 Å². The first-order valence-corrected chi connectivity index (χ1v) is 7.70. The quantitative estimate of drug-likeness (QED) is 0.846. The van der Waals surface area contributed by atoms with E-state index in [1.54, 1.807) is 0 Å². The molecule has 1 saturated heterocycles. The van der Waals surface area contributed by atoms with Crippen LogP contribution in [0.15, 0.2) is 0 Å². The third kappa shape index (κ3) is 3.93. The lowest BCUT2D eigenvalue weighted by atomic mass is 9.79. The average Bonchev–Trinajstić information content (AvgIpc) is 2.42. The molecule has 1 amide bonds. The van der Waals surface area contributed by atoms with Gasteiger partial charge in [-0.15, -0.1) is 0 Å². The SMILES string of the molecule is CC1CCC(NC(C)C(=O)N2CCOCC2)C(C)C1. The second kappa shape index (κ2) is 6.71. The highest BCUT2D eigenvalue weighted by molar-refractivity contribution is 5.81. The molecular weight excluding hydrogens is 240 g/mol. The molecule has 0 aromatic carbocycles. The number of morpholine rings is 1. The average molecular weight is 268 g/mol. The van der Waals surface area contributed by atoms with Crippen LogP contribution in [0.3, 0.4) is 0 Å². The maximum Gasteiger partial charge on any atom is 0.239 e. The molecule has 1 N–H and O–H groups in total. The molecule has 2 aliphatic rings. The van der Waals surface area contributed by atoms with Crippen LogP contribution in [-0.2, 0) is 9.53 Å². The monoisotopic (exact) mass is 268 g/mol.